The van der Waals surface area contributed by atoms with E-state index in [4.69, 9.17) is 13.9 Å². The monoisotopic (exact) mass is 290 g/mol. The van der Waals surface area contributed by atoms with Crippen LogP contribution in [0.3, 0.4) is 0 Å². The SMILES string of the molecule is CCOC(C)(C)CCc1c(OC)ccc2ccc(=O)oc12. The second-order valence-electron chi connectivity index (χ2n) is 5.61. The summed E-state index contributed by atoms with van der Waals surface area (Å²) >= 11 is 0. The zero-order valence-electron chi connectivity index (χ0n) is 13.1. The topological polar surface area (TPSA) is 48.7 Å². The third kappa shape index (κ3) is 3.64. The van der Waals surface area contributed by atoms with Crippen molar-refractivity contribution in [2.75, 3.05) is 13.7 Å². The van der Waals surface area contributed by atoms with Crippen LogP contribution in [0.1, 0.15) is 32.8 Å². The molecule has 2 rings (SSSR count). The molecule has 1 aromatic heterocycles. The fraction of sp³-hybridized carbons (Fsp3) is 0.471. The molecule has 0 saturated carbocycles. The molecule has 0 saturated heterocycles. The molecule has 0 aliphatic rings. The van der Waals surface area contributed by atoms with Gasteiger partial charge in [0.05, 0.1) is 12.7 Å². The number of fused-ring (bicyclic) bond motifs is 1. The molecule has 0 N–H and O–H groups in total. The van der Waals surface area contributed by atoms with Gasteiger partial charge in [-0.3, -0.25) is 0 Å². The highest BCUT2D eigenvalue weighted by molar-refractivity contribution is 5.82. The summed E-state index contributed by atoms with van der Waals surface area (Å²) in [6.07, 6.45) is 1.54. The Bertz CT molecular complexity index is 670. The van der Waals surface area contributed by atoms with E-state index in [1.165, 1.54) is 6.07 Å². The maximum atomic E-state index is 11.5. The minimum Gasteiger partial charge on any atom is -0.496 e. The van der Waals surface area contributed by atoms with E-state index in [-0.39, 0.29) is 11.2 Å². The van der Waals surface area contributed by atoms with Crippen molar-refractivity contribution in [3.8, 4) is 5.75 Å². The van der Waals surface area contributed by atoms with E-state index in [0.29, 0.717) is 12.2 Å². The van der Waals surface area contributed by atoms with Crippen molar-refractivity contribution in [2.45, 2.75) is 39.2 Å². The van der Waals surface area contributed by atoms with Crippen LogP contribution < -0.4 is 10.4 Å². The first-order valence-corrected chi connectivity index (χ1v) is 7.20. The van der Waals surface area contributed by atoms with Crippen molar-refractivity contribution in [1.29, 1.82) is 0 Å². The van der Waals surface area contributed by atoms with Crippen LogP contribution in [0.2, 0.25) is 0 Å². The molecular formula is C17H22O4. The van der Waals surface area contributed by atoms with Crippen LogP contribution in [-0.4, -0.2) is 19.3 Å². The van der Waals surface area contributed by atoms with Gasteiger partial charge in [-0.15, -0.1) is 0 Å². The molecule has 4 nitrogen and oxygen atoms in total. The molecule has 0 unspecified atom stereocenters. The molecular weight excluding hydrogens is 268 g/mol. The second-order valence-corrected chi connectivity index (χ2v) is 5.61. The third-order valence-electron chi connectivity index (χ3n) is 3.58. The summed E-state index contributed by atoms with van der Waals surface area (Å²) in [7, 11) is 1.62. The molecule has 2 aromatic rings. The molecule has 0 amide bonds. The molecule has 0 radical (unpaired) electrons. The quantitative estimate of drug-likeness (QED) is 0.763. The maximum absolute atomic E-state index is 11.5. The van der Waals surface area contributed by atoms with Crippen LogP contribution in [0, 0.1) is 0 Å². The van der Waals surface area contributed by atoms with Gasteiger partial charge in [-0.1, -0.05) is 0 Å². The number of hydrogen-bond donors (Lipinski definition) is 0. The summed E-state index contributed by atoms with van der Waals surface area (Å²) < 4.78 is 16.5. The Morgan fingerprint density at radius 1 is 1.19 bits per heavy atom. The van der Waals surface area contributed by atoms with Crippen molar-refractivity contribution >= 4 is 11.0 Å². The van der Waals surface area contributed by atoms with Gasteiger partial charge in [-0.2, -0.15) is 0 Å². The number of hydrogen-bond acceptors (Lipinski definition) is 4. The van der Waals surface area contributed by atoms with Gasteiger partial charge in [-0.05, 0) is 51.8 Å². The van der Waals surface area contributed by atoms with E-state index in [0.717, 1.165) is 29.5 Å². The second kappa shape index (κ2) is 6.31. The zero-order valence-corrected chi connectivity index (χ0v) is 13.1. The number of methoxy groups -OCH3 is 1. The first kappa shape index (κ1) is 15.6. The number of benzene rings is 1. The summed E-state index contributed by atoms with van der Waals surface area (Å²) in [4.78, 5) is 11.5. The molecule has 4 heteroatoms. The molecule has 1 aromatic carbocycles. The first-order valence-electron chi connectivity index (χ1n) is 7.20. The van der Waals surface area contributed by atoms with Gasteiger partial charge in [-0.25, -0.2) is 4.79 Å². The van der Waals surface area contributed by atoms with E-state index in [9.17, 15) is 4.79 Å². The number of aryl methyl sites for hydroxylation is 1. The Kier molecular flexibility index (Phi) is 4.68. The van der Waals surface area contributed by atoms with Crippen molar-refractivity contribution in [3.05, 3.63) is 40.2 Å². The maximum Gasteiger partial charge on any atom is 0.336 e. The van der Waals surface area contributed by atoms with Crippen LogP contribution in [-0.2, 0) is 11.2 Å². The van der Waals surface area contributed by atoms with Crippen molar-refractivity contribution < 1.29 is 13.9 Å². The normalized spacial score (nSPS) is 11.8. The van der Waals surface area contributed by atoms with Crippen molar-refractivity contribution in [2.24, 2.45) is 0 Å². The van der Waals surface area contributed by atoms with Gasteiger partial charge in [0.2, 0.25) is 0 Å². The lowest BCUT2D eigenvalue weighted by atomic mass is 9.96. The summed E-state index contributed by atoms with van der Waals surface area (Å²) in [5, 5.41) is 0.902. The molecule has 114 valence electrons. The van der Waals surface area contributed by atoms with Crippen LogP contribution in [0.15, 0.2) is 33.5 Å². The lowest BCUT2D eigenvalue weighted by Gasteiger charge is -2.25. The van der Waals surface area contributed by atoms with E-state index < -0.39 is 0 Å². The van der Waals surface area contributed by atoms with E-state index in [1.54, 1.807) is 13.2 Å². The first-order chi connectivity index (χ1) is 9.96. The number of ether oxygens (including phenoxy) is 2. The van der Waals surface area contributed by atoms with Gasteiger partial charge in [0.25, 0.3) is 0 Å². The third-order valence-corrected chi connectivity index (χ3v) is 3.58. The Labute approximate surface area is 124 Å². The van der Waals surface area contributed by atoms with Gasteiger partial charge in [0.15, 0.2) is 0 Å². The predicted molar refractivity (Wildman–Crippen MR) is 83.1 cm³/mol. The van der Waals surface area contributed by atoms with Crippen molar-refractivity contribution in [1.82, 2.24) is 0 Å². The number of rotatable bonds is 6. The molecule has 0 spiro atoms. The summed E-state index contributed by atoms with van der Waals surface area (Å²) in [6.45, 7) is 6.78. The summed E-state index contributed by atoms with van der Waals surface area (Å²) in [6, 6.07) is 7.01. The van der Waals surface area contributed by atoms with Gasteiger partial charge >= 0.3 is 5.63 Å². The highest BCUT2D eigenvalue weighted by Gasteiger charge is 2.20. The summed E-state index contributed by atoms with van der Waals surface area (Å²) in [5.41, 5.74) is 0.951. The Morgan fingerprint density at radius 3 is 2.57 bits per heavy atom. The average Bonchev–Trinajstić information content (AvgIpc) is 2.44. The molecule has 0 aliphatic carbocycles. The largest absolute Gasteiger partial charge is 0.496 e. The lowest BCUT2D eigenvalue weighted by Crippen LogP contribution is -2.25. The van der Waals surface area contributed by atoms with E-state index in [1.807, 2.05) is 19.1 Å². The Balaban J connectivity index is 2.40. The Hall–Kier alpha value is -1.81. The smallest absolute Gasteiger partial charge is 0.336 e. The molecule has 21 heavy (non-hydrogen) atoms. The standard InChI is InChI=1S/C17H22O4/c1-5-20-17(2,3)11-10-13-14(19-4)8-6-12-7-9-15(18)21-16(12)13/h6-9H,5,10-11H2,1-4H3. The molecule has 0 aliphatic heterocycles. The average molecular weight is 290 g/mol. The molecule has 0 fully saturated rings. The van der Waals surface area contributed by atoms with E-state index in [2.05, 4.69) is 13.8 Å². The molecule has 1 heterocycles. The molecule has 0 bridgehead atoms. The minimum absolute atomic E-state index is 0.225. The van der Waals surface area contributed by atoms with Crippen LogP contribution >= 0.6 is 0 Å². The van der Waals surface area contributed by atoms with Gasteiger partial charge in [0.1, 0.15) is 11.3 Å². The zero-order chi connectivity index (χ0) is 15.5. The van der Waals surface area contributed by atoms with Crippen LogP contribution in [0.25, 0.3) is 11.0 Å². The lowest BCUT2D eigenvalue weighted by molar-refractivity contribution is -0.0158. The van der Waals surface area contributed by atoms with Crippen LogP contribution in [0.5, 0.6) is 5.75 Å². The van der Waals surface area contributed by atoms with Crippen LogP contribution in [0.4, 0.5) is 0 Å². The minimum atomic E-state index is -0.346. The van der Waals surface area contributed by atoms with Crippen molar-refractivity contribution in [3.63, 3.8) is 0 Å². The van der Waals surface area contributed by atoms with Gasteiger partial charge < -0.3 is 13.9 Å². The fourth-order valence-corrected chi connectivity index (χ4v) is 2.49. The highest BCUT2D eigenvalue weighted by atomic mass is 16.5. The summed E-state index contributed by atoms with van der Waals surface area (Å²) in [5.74, 6) is 0.740. The Morgan fingerprint density at radius 2 is 1.90 bits per heavy atom. The fourth-order valence-electron chi connectivity index (χ4n) is 2.49. The van der Waals surface area contributed by atoms with Gasteiger partial charge in [0, 0.05) is 23.6 Å². The molecule has 0 atom stereocenters. The highest BCUT2D eigenvalue weighted by Crippen LogP contribution is 2.30. The predicted octanol–water partition coefficient (Wildman–Crippen LogP) is 3.55. The van der Waals surface area contributed by atoms with E-state index >= 15 is 0 Å².